The topological polar surface area (TPSA) is 161 Å². The summed E-state index contributed by atoms with van der Waals surface area (Å²) < 4.78 is 0. The van der Waals surface area contributed by atoms with E-state index in [4.69, 9.17) is 10.2 Å². The molecule has 0 saturated heterocycles. The molecule has 8 nitrogen and oxygen atoms in total. The van der Waals surface area contributed by atoms with Gasteiger partial charge in [-0.2, -0.15) is 0 Å². The Morgan fingerprint density at radius 1 is 0.750 bits per heavy atom. The maximum atomic E-state index is 9.83. The van der Waals surface area contributed by atoms with Crippen LogP contribution in [0.4, 0.5) is 0 Å². The Morgan fingerprint density at radius 2 is 0.950 bits per heavy atom. The van der Waals surface area contributed by atoms with Gasteiger partial charge >= 0.3 is 11.9 Å². The van der Waals surface area contributed by atoms with Gasteiger partial charge in [0.25, 0.3) is 0 Å². The van der Waals surface area contributed by atoms with Crippen molar-refractivity contribution in [3.8, 4) is 0 Å². The van der Waals surface area contributed by atoms with Gasteiger partial charge in [-0.1, -0.05) is 0 Å². The van der Waals surface area contributed by atoms with Gasteiger partial charge in [0.15, 0.2) is 0 Å². The van der Waals surface area contributed by atoms with Gasteiger partial charge in [0, 0.05) is 12.2 Å². The zero-order valence-electron chi connectivity index (χ0n) is 11.1. The van der Waals surface area contributed by atoms with Crippen LogP contribution >= 0.6 is 0 Å². The lowest BCUT2D eigenvalue weighted by molar-refractivity contribution is -0.143. The molecule has 0 heterocycles. The number of hydrogen-bond donors (Lipinski definition) is 4. The normalized spacial score (nSPS) is 7.60. The van der Waals surface area contributed by atoms with Crippen molar-refractivity contribution in [1.29, 1.82) is 0 Å². The van der Waals surface area contributed by atoms with E-state index >= 15 is 0 Å². The SMILES string of the molecule is C=C.C=C.NC(=O)/C=C/C(N)=O.O=C(O)CCC(=O)O. The molecule has 0 saturated carbocycles. The summed E-state index contributed by atoms with van der Waals surface area (Å²) in [5.74, 6) is -3.51. The van der Waals surface area contributed by atoms with Crippen molar-refractivity contribution in [2.24, 2.45) is 11.5 Å². The number of carboxylic acid groups (broad SMARTS) is 2. The molecule has 0 aromatic rings. The van der Waals surface area contributed by atoms with E-state index in [2.05, 4.69) is 37.8 Å². The van der Waals surface area contributed by atoms with Crippen molar-refractivity contribution >= 4 is 23.8 Å². The quantitative estimate of drug-likeness (QED) is 0.413. The van der Waals surface area contributed by atoms with Gasteiger partial charge in [0.05, 0.1) is 12.8 Å². The molecular formula is C12H20N2O6. The van der Waals surface area contributed by atoms with Crippen molar-refractivity contribution in [2.75, 3.05) is 0 Å². The van der Waals surface area contributed by atoms with Crippen molar-refractivity contribution in [3.05, 3.63) is 38.5 Å². The Morgan fingerprint density at radius 3 is 1.05 bits per heavy atom. The third-order valence-electron chi connectivity index (χ3n) is 0.965. The maximum absolute atomic E-state index is 9.83. The van der Waals surface area contributed by atoms with Crippen LogP contribution in [0.5, 0.6) is 0 Å². The fraction of sp³-hybridized carbons (Fsp3) is 0.167. The minimum Gasteiger partial charge on any atom is -0.481 e. The highest BCUT2D eigenvalue weighted by Gasteiger charge is 2.00. The summed E-state index contributed by atoms with van der Waals surface area (Å²) in [4.78, 5) is 38.9. The minimum absolute atomic E-state index is 0.296. The Balaban J connectivity index is -0.000000102. The van der Waals surface area contributed by atoms with Crippen molar-refractivity contribution in [2.45, 2.75) is 12.8 Å². The van der Waals surface area contributed by atoms with Gasteiger partial charge < -0.3 is 21.7 Å². The minimum atomic E-state index is -1.08. The maximum Gasteiger partial charge on any atom is 0.303 e. The molecule has 0 aliphatic carbocycles. The van der Waals surface area contributed by atoms with Crippen LogP contribution in [0.3, 0.4) is 0 Å². The monoisotopic (exact) mass is 288 g/mol. The summed E-state index contributed by atoms with van der Waals surface area (Å²) in [5.41, 5.74) is 9.21. The highest BCUT2D eigenvalue weighted by atomic mass is 16.4. The second-order valence-corrected chi connectivity index (χ2v) is 2.43. The molecule has 20 heavy (non-hydrogen) atoms. The molecule has 2 amide bonds. The second kappa shape index (κ2) is 21.4. The number of rotatable bonds is 5. The molecule has 0 aromatic heterocycles. The zero-order chi connectivity index (χ0) is 17.1. The van der Waals surface area contributed by atoms with Crippen LogP contribution in [0.15, 0.2) is 38.5 Å². The Bertz CT molecular complexity index is 307. The van der Waals surface area contributed by atoms with Gasteiger partial charge in [-0.3, -0.25) is 19.2 Å². The zero-order valence-corrected chi connectivity index (χ0v) is 11.1. The van der Waals surface area contributed by atoms with Crippen molar-refractivity contribution in [3.63, 3.8) is 0 Å². The number of primary amides is 2. The predicted octanol–water partition coefficient (Wildman–Crippen LogP) is 0.0534. The van der Waals surface area contributed by atoms with Crippen molar-refractivity contribution in [1.82, 2.24) is 0 Å². The lowest BCUT2D eigenvalue weighted by Gasteiger charge is -1.85. The van der Waals surface area contributed by atoms with Crippen LogP contribution in [0.2, 0.25) is 0 Å². The van der Waals surface area contributed by atoms with E-state index in [0.29, 0.717) is 0 Å². The fourth-order valence-electron chi connectivity index (χ4n) is 0.378. The summed E-state index contributed by atoms with van der Waals surface area (Å²) >= 11 is 0. The second-order valence-electron chi connectivity index (χ2n) is 2.43. The van der Waals surface area contributed by atoms with Gasteiger partial charge in [0.1, 0.15) is 0 Å². The van der Waals surface area contributed by atoms with E-state index in [-0.39, 0.29) is 12.8 Å². The van der Waals surface area contributed by atoms with Crippen LogP contribution in [0.1, 0.15) is 12.8 Å². The third kappa shape index (κ3) is 59.6. The third-order valence-corrected chi connectivity index (χ3v) is 0.965. The molecule has 0 aliphatic rings. The first-order valence-electron chi connectivity index (χ1n) is 4.96. The molecule has 0 fully saturated rings. The molecule has 0 atom stereocenters. The molecule has 0 aliphatic heterocycles. The van der Waals surface area contributed by atoms with E-state index in [9.17, 15) is 19.2 Å². The van der Waals surface area contributed by atoms with Crippen LogP contribution in [-0.4, -0.2) is 34.0 Å². The van der Waals surface area contributed by atoms with Crippen LogP contribution in [0, 0.1) is 0 Å². The highest BCUT2D eigenvalue weighted by molar-refractivity contribution is 5.95. The molecule has 0 unspecified atom stereocenters. The summed E-state index contributed by atoms with van der Waals surface area (Å²) in [7, 11) is 0. The van der Waals surface area contributed by atoms with Gasteiger partial charge in [-0.05, 0) is 0 Å². The molecule has 6 N–H and O–H groups in total. The molecule has 0 radical (unpaired) electrons. The van der Waals surface area contributed by atoms with Crippen molar-refractivity contribution < 1.29 is 29.4 Å². The number of carbonyl (C=O) groups is 4. The molecule has 8 heteroatoms. The van der Waals surface area contributed by atoms with E-state index in [1.165, 1.54) is 0 Å². The first-order chi connectivity index (χ1) is 9.25. The smallest absolute Gasteiger partial charge is 0.303 e. The summed E-state index contributed by atoms with van der Waals surface area (Å²) in [6.07, 6.45) is 1.22. The van der Waals surface area contributed by atoms with Crippen LogP contribution in [-0.2, 0) is 19.2 Å². The van der Waals surface area contributed by atoms with Gasteiger partial charge in [0.2, 0.25) is 11.8 Å². The molecular weight excluding hydrogens is 268 g/mol. The lowest BCUT2D eigenvalue weighted by Crippen LogP contribution is -2.10. The molecule has 0 aromatic carbocycles. The average molecular weight is 288 g/mol. The largest absolute Gasteiger partial charge is 0.481 e. The Hall–Kier alpha value is -2.90. The van der Waals surface area contributed by atoms with Gasteiger partial charge in [-0.15, -0.1) is 26.3 Å². The number of amides is 2. The number of hydrogen-bond acceptors (Lipinski definition) is 4. The number of nitrogens with two attached hydrogens (primary N) is 2. The Labute approximate surface area is 117 Å². The summed E-state index contributed by atoms with van der Waals surface area (Å²) in [6, 6.07) is 0. The van der Waals surface area contributed by atoms with Crippen LogP contribution < -0.4 is 11.5 Å². The highest BCUT2D eigenvalue weighted by Crippen LogP contribution is 1.86. The fourth-order valence-corrected chi connectivity index (χ4v) is 0.378. The summed E-state index contributed by atoms with van der Waals surface area (Å²) in [5, 5.41) is 15.8. The number of aliphatic carboxylic acids is 2. The average Bonchev–Trinajstić information content (AvgIpc) is 2.39. The molecule has 0 spiro atoms. The summed E-state index contributed by atoms with van der Waals surface area (Å²) in [6.45, 7) is 12.0. The van der Waals surface area contributed by atoms with E-state index < -0.39 is 23.8 Å². The molecule has 0 rings (SSSR count). The number of carboxylic acids is 2. The standard InChI is InChI=1S/C4H6N2O2.C4H6O4.2C2H4/c5-3(7)1-2-4(6)8;5-3(6)1-2-4(7)8;2*1-2/h1-2H,(H2,5,7)(H2,6,8);1-2H2,(H,5,6)(H,7,8);2*1-2H2/b2-1+;;;. The Kier molecular flexibility index (Phi) is 27.6. The first kappa shape index (κ1) is 25.8. The van der Waals surface area contributed by atoms with E-state index in [1.807, 2.05) is 0 Å². The predicted molar refractivity (Wildman–Crippen MR) is 74.5 cm³/mol. The molecule has 114 valence electrons. The molecule has 0 bridgehead atoms. The van der Waals surface area contributed by atoms with E-state index in [0.717, 1.165) is 12.2 Å². The lowest BCUT2D eigenvalue weighted by atomic mass is 10.3. The first-order valence-corrected chi connectivity index (χ1v) is 4.96. The van der Waals surface area contributed by atoms with Gasteiger partial charge in [-0.25, -0.2) is 0 Å². The van der Waals surface area contributed by atoms with E-state index in [1.54, 1.807) is 0 Å². The number of carbonyl (C=O) groups excluding carboxylic acids is 2. The van der Waals surface area contributed by atoms with Crippen LogP contribution in [0.25, 0.3) is 0 Å².